The highest BCUT2D eigenvalue weighted by Crippen LogP contribution is 2.60. The van der Waals surface area contributed by atoms with E-state index < -0.39 is 28.0 Å². The van der Waals surface area contributed by atoms with Gasteiger partial charge in [0, 0.05) is 58.8 Å². The van der Waals surface area contributed by atoms with Gasteiger partial charge in [0.05, 0.1) is 11.0 Å². The molecule has 6 aliphatic carbocycles. The quantitative estimate of drug-likeness (QED) is 0.0413. The molecule has 6 aliphatic rings. The first-order valence-electron chi connectivity index (χ1n) is 33.6. The summed E-state index contributed by atoms with van der Waals surface area (Å²) in [6, 6.07) is 27.8. The van der Waals surface area contributed by atoms with E-state index in [4.69, 9.17) is 34.7 Å². The molecular weight excluding hydrogens is 1200 g/mol. The number of anilines is 4. The summed E-state index contributed by atoms with van der Waals surface area (Å²) in [4.78, 5) is 72.7. The molecule has 5 aromatic rings. The van der Waals surface area contributed by atoms with Crippen molar-refractivity contribution in [1.82, 2.24) is 0 Å². The average Bonchev–Trinajstić information content (AvgIpc) is 0.735. The average molecular weight is 1310 g/mol. The third-order valence-electron chi connectivity index (χ3n) is 22.8. The SMILES string of the molecule is C.CC(=O)c1cc2c(cc1C(C)C)CCC1C2CCCC1(C)C(C)=O.CC(C)c1cc2c(cc1C(=O)Cl)C1(C)CCCC(C)(C(=O)Cl)C1CC2.CC(C)c1cc2c(cc1C(=O)O)C1(C)CCCC(C)(C(=O)O)C1CC2.CNc1ccc(NC)cc1.Nc1ccc(N)cc1. The Kier molecular flexibility index (Phi) is 24.8. The lowest BCUT2D eigenvalue weighted by molar-refractivity contribution is -0.157. The second kappa shape index (κ2) is 30.5. The van der Waals surface area contributed by atoms with E-state index in [0.29, 0.717) is 41.1 Å². The number of ketones is 2. The van der Waals surface area contributed by atoms with Crippen LogP contribution in [0.3, 0.4) is 0 Å². The standard InChI is InChI=1S/C22H30O2.C21H26Cl2O2.C21H28O4.C8H12N2.C6H8N2.CH4/c1-13(2)18-11-16-8-9-21-17(20(16)12-19(18)14(3)23)7-6-10-22(21,5)15(4)24;1-12(2)14-10-13-6-7-17-20(3,16(13)11-15(14)18(22)24)8-5-9-21(17,4)19(23)25;1-12(2)14-10-13-6-7-17-20(3,16(13)11-15(14)18(22)23)8-5-9-21(17,4)19(24)25;1-9-7-3-5-8(10-2)6-4-7;7-5-1-2-6(8)4-3-5;/h11-13,17,21H,6-10H2,1-5H3;10-12,17H,5-9H2,1-4H3;10-12,17H,5-9H2,1-4H3,(H,22,23)(H,24,25);3-6,9-10H,1-2H3;1-4H,7-8H2;1H4. The molecule has 506 valence electrons. The highest BCUT2D eigenvalue weighted by molar-refractivity contribution is 6.68. The number of fused-ring (bicyclic) bond motifs is 9. The maximum absolute atomic E-state index is 12.4. The van der Waals surface area contributed by atoms with Crippen LogP contribution in [0.15, 0.2) is 84.9 Å². The molecule has 0 amide bonds. The molecule has 9 unspecified atom stereocenters. The molecule has 8 N–H and O–H groups in total. The Morgan fingerprint density at radius 1 is 0.516 bits per heavy atom. The Hall–Kier alpha value is -6.50. The van der Waals surface area contributed by atoms with E-state index in [2.05, 4.69) is 83.4 Å². The zero-order valence-corrected chi connectivity index (χ0v) is 59.0. The minimum atomic E-state index is -0.894. The number of aliphatic carboxylic acids is 1. The molecule has 3 fully saturated rings. The maximum atomic E-state index is 12.4. The second-order valence-electron chi connectivity index (χ2n) is 29.4. The normalized spacial score (nSPS) is 26.1. The number of carbonyl (C=O) groups excluding carboxylic acids is 4. The van der Waals surface area contributed by atoms with Crippen LogP contribution in [0.25, 0.3) is 0 Å². The molecule has 14 heteroatoms. The number of aryl methyl sites for hydroxylation is 3. The molecular formula is C79H108Cl2N4O8. The number of nitrogens with two attached hydrogens (primary N) is 2. The van der Waals surface area contributed by atoms with Gasteiger partial charge in [0.2, 0.25) is 5.24 Å². The van der Waals surface area contributed by atoms with E-state index in [1.807, 2.05) is 78.2 Å². The summed E-state index contributed by atoms with van der Waals surface area (Å²) in [6.45, 7) is 26.4. The van der Waals surface area contributed by atoms with Crippen molar-refractivity contribution in [3.05, 3.63) is 152 Å². The number of nitrogens with one attached hydrogen (secondary N) is 2. The predicted molar refractivity (Wildman–Crippen MR) is 384 cm³/mol. The van der Waals surface area contributed by atoms with Gasteiger partial charge in [-0.3, -0.25) is 24.0 Å². The van der Waals surface area contributed by atoms with Gasteiger partial charge in [0.1, 0.15) is 5.78 Å². The summed E-state index contributed by atoms with van der Waals surface area (Å²) in [5.74, 6) is 0.766. The lowest BCUT2D eigenvalue weighted by Crippen LogP contribution is -2.52. The molecule has 11 rings (SSSR count). The summed E-state index contributed by atoms with van der Waals surface area (Å²) in [6.07, 6.45) is 14.3. The molecule has 0 heterocycles. The lowest BCUT2D eigenvalue weighted by atomic mass is 9.49. The largest absolute Gasteiger partial charge is 0.481 e. The van der Waals surface area contributed by atoms with Crippen LogP contribution in [0.5, 0.6) is 0 Å². The minimum Gasteiger partial charge on any atom is -0.481 e. The molecule has 0 radical (unpaired) electrons. The fourth-order valence-electron chi connectivity index (χ4n) is 17.4. The number of aromatic carboxylic acids is 1. The topological polar surface area (TPSA) is 219 Å². The molecule has 0 spiro atoms. The third-order valence-corrected chi connectivity index (χ3v) is 23.5. The van der Waals surface area contributed by atoms with Crippen LogP contribution in [-0.2, 0) is 44.5 Å². The first-order chi connectivity index (χ1) is 43.1. The molecule has 12 nitrogen and oxygen atoms in total. The molecule has 0 saturated heterocycles. The van der Waals surface area contributed by atoms with Crippen LogP contribution in [0.1, 0.15) is 279 Å². The fourth-order valence-corrected chi connectivity index (χ4v) is 17.7. The molecule has 0 bridgehead atoms. The van der Waals surface area contributed by atoms with Crippen molar-refractivity contribution < 1.29 is 39.0 Å². The van der Waals surface area contributed by atoms with Crippen LogP contribution in [0.4, 0.5) is 22.7 Å². The van der Waals surface area contributed by atoms with Crippen molar-refractivity contribution in [1.29, 1.82) is 0 Å². The summed E-state index contributed by atoms with van der Waals surface area (Å²) in [5, 5.41) is 25.0. The predicted octanol–water partition coefficient (Wildman–Crippen LogP) is 19.3. The lowest BCUT2D eigenvalue weighted by Gasteiger charge is -2.54. The van der Waals surface area contributed by atoms with Gasteiger partial charge in [-0.25, -0.2) is 4.79 Å². The van der Waals surface area contributed by atoms with Crippen molar-refractivity contribution in [3.63, 3.8) is 0 Å². The van der Waals surface area contributed by atoms with Gasteiger partial charge in [0.25, 0.3) is 5.24 Å². The molecule has 0 aromatic heterocycles. The smallest absolute Gasteiger partial charge is 0.335 e. The minimum absolute atomic E-state index is 0. The van der Waals surface area contributed by atoms with E-state index in [0.717, 1.165) is 135 Å². The van der Waals surface area contributed by atoms with E-state index in [1.165, 1.54) is 33.4 Å². The first kappa shape index (κ1) is 75.5. The summed E-state index contributed by atoms with van der Waals surface area (Å²) in [5.41, 5.74) is 25.2. The number of carboxylic acids is 2. The molecule has 9 atom stereocenters. The van der Waals surface area contributed by atoms with Crippen LogP contribution in [-0.4, -0.2) is 58.3 Å². The van der Waals surface area contributed by atoms with Crippen LogP contribution < -0.4 is 22.1 Å². The monoisotopic (exact) mass is 1310 g/mol. The van der Waals surface area contributed by atoms with E-state index in [1.54, 1.807) is 38.1 Å². The van der Waals surface area contributed by atoms with Crippen molar-refractivity contribution in [2.45, 2.75) is 228 Å². The summed E-state index contributed by atoms with van der Waals surface area (Å²) < 4.78 is 0. The Morgan fingerprint density at radius 3 is 1.33 bits per heavy atom. The Morgan fingerprint density at radius 2 is 0.925 bits per heavy atom. The number of hydrogen-bond donors (Lipinski definition) is 6. The third kappa shape index (κ3) is 15.6. The van der Waals surface area contributed by atoms with Gasteiger partial charge in [-0.05, 0) is 290 Å². The summed E-state index contributed by atoms with van der Waals surface area (Å²) in [7, 11) is 3.82. The number of carboxylic acid groups (broad SMARTS) is 2. The van der Waals surface area contributed by atoms with Gasteiger partial charge in [0.15, 0.2) is 5.78 Å². The molecule has 93 heavy (non-hydrogen) atoms. The Balaban J connectivity index is 0.000000194. The Labute approximate surface area is 565 Å². The van der Waals surface area contributed by atoms with Gasteiger partial charge in [-0.15, -0.1) is 0 Å². The number of nitrogen functional groups attached to an aromatic ring is 2. The van der Waals surface area contributed by atoms with Gasteiger partial charge >= 0.3 is 11.9 Å². The highest BCUT2D eigenvalue weighted by Gasteiger charge is 2.57. The van der Waals surface area contributed by atoms with E-state index >= 15 is 0 Å². The number of rotatable bonds is 11. The van der Waals surface area contributed by atoms with Gasteiger partial charge < -0.3 is 32.3 Å². The molecule has 0 aliphatic heterocycles. The van der Waals surface area contributed by atoms with Crippen LogP contribution >= 0.6 is 23.2 Å². The van der Waals surface area contributed by atoms with Gasteiger partial charge in [-0.1, -0.05) is 114 Å². The van der Waals surface area contributed by atoms with Crippen molar-refractivity contribution in [2.75, 3.05) is 36.2 Å². The van der Waals surface area contributed by atoms with Crippen LogP contribution in [0, 0.1) is 34.0 Å². The number of Topliss-reactive ketones (excluding diaryl/α,β-unsaturated/α-hetero) is 2. The maximum Gasteiger partial charge on any atom is 0.335 e. The van der Waals surface area contributed by atoms with Crippen LogP contribution in [0.2, 0.25) is 0 Å². The van der Waals surface area contributed by atoms with E-state index in [9.17, 15) is 39.0 Å². The fraction of sp³-hybridized carbons (Fsp3) is 0.544. The number of halogens is 2. The highest BCUT2D eigenvalue weighted by atomic mass is 35.5. The Bertz CT molecular complexity index is 3370. The number of benzene rings is 5. The zero-order valence-electron chi connectivity index (χ0n) is 57.5. The molecule has 5 aromatic carbocycles. The van der Waals surface area contributed by atoms with Crippen molar-refractivity contribution in [2.24, 2.45) is 34.0 Å². The number of carbonyl (C=O) groups is 6. The van der Waals surface area contributed by atoms with E-state index in [-0.39, 0.29) is 58.4 Å². The second-order valence-corrected chi connectivity index (χ2v) is 30.1. The first-order valence-corrected chi connectivity index (χ1v) is 34.3. The van der Waals surface area contributed by atoms with Crippen molar-refractivity contribution >= 4 is 79.9 Å². The summed E-state index contributed by atoms with van der Waals surface area (Å²) >= 11 is 11.9. The van der Waals surface area contributed by atoms with Gasteiger partial charge in [-0.2, -0.15) is 0 Å². The van der Waals surface area contributed by atoms with Crippen molar-refractivity contribution in [3.8, 4) is 0 Å². The molecule has 3 saturated carbocycles. The number of hydrogen-bond acceptors (Lipinski definition) is 10. The zero-order chi connectivity index (χ0) is 68.2.